The third-order valence-corrected chi connectivity index (χ3v) is 5.88. The summed E-state index contributed by atoms with van der Waals surface area (Å²) < 4.78 is 11.3. The van der Waals surface area contributed by atoms with Gasteiger partial charge in [0.1, 0.15) is 17.4 Å². The number of nitrogens with zero attached hydrogens (tertiary/aromatic N) is 2. The van der Waals surface area contributed by atoms with Gasteiger partial charge in [0.2, 0.25) is 5.91 Å². The maximum Gasteiger partial charge on any atom is 0.229 e. The van der Waals surface area contributed by atoms with Crippen LogP contribution < -0.4 is 4.74 Å². The minimum Gasteiger partial charge on any atom is -0.486 e. The molecule has 1 aromatic carbocycles. The molecule has 2 fully saturated rings. The summed E-state index contributed by atoms with van der Waals surface area (Å²) in [6.07, 6.45) is 2.77. The van der Waals surface area contributed by atoms with Crippen LogP contribution in [0.5, 0.6) is 5.75 Å². The summed E-state index contributed by atoms with van der Waals surface area (Å²) in [5, 5.41) is 3.49. The van der Waals surface area contributed by atoms with Crippen LogP contribution in [0, 0.1) is 5.92 Å². The van der Waals surface area contributed by atoms with E-state index in [9.17, 15) is 4.79 Å². The highest BCUT2D eigenvalue weighted by molar-refractivity contribution is 7.09. The van der Waals surface area contributed by atoms with E-state index in [2.05, 4.69) is 4.98 Å². The summed E-state index contributed by atoms with van der Waals surface area (Å²) in [6, 6.07) is 7.50. The number of hydrogen-bond donors (Lipinski definition) is 0. The molecule has 2 aromatic rings. The highest BCUT2D eigenvalue weighted by atomic mass is 35.5. The van der Waals surface area contributed by atoms with Crippen molar-refractivity contribution in [3.8, 4) is 5.75 Å². The Kier molecular flexibility index (Phi) is 5.43. The number of aromatic nitrogens is 1. The number of morpholine rings is 1. The Labute approximate surface area is 161 Å². The fourth-order valence-corrected chi connectivity index (χ4v) is 4.06. The Morgan fingerprint density at radius 2 is 2.15 bits per heavy atom. The minimum absolute atomic E-state index is 0.153. The molecule has 1 aliphatic heterocycles. The number of amides is 1. The van der Waals surface area contributed by atoms with Crippen molar-refractivity contribution in [1.82, 2.24) is 9.88 Å². The van der Waals surface area contributed by atoms with E-state index in [1.165, 1.54) is 24.2 Å². The summed E-state index contributed by atoms with van der Waals surface area (Å²) in [5.41, 5.74) is 0.816. The average Bonchev–Trinajstić information content (AvgIpc) is 3.42. The number of rotatable bonds is 6. The number of benzene rings is 1. The lowest BCUT2D eigenvalue weighted by molar-refractivity contribution is -0.140. The molecule has 138 valence electrons. The fourth-order valence-electron chi connectivity index (χ4n) is 3.23. The van der Waals surface area contributed by atoms with Crippen LogP contribution in [0.3, 0.4) is 0 Å². The molecule has 5 nitrogen and oxygen atoms in total. The summed E-state index contributed by atoms with van der Waals surface area (Å²) in [4.78, 5) is 19.3. The van der Waals surface area contributed by atoms with Crippen LogP contribution in [0.4, 0.5) is 0 Å². The van der Waals surface area contributed by atoms with E-state index in [1.807, 2.05) is 22.4 Å². The predicted octanol–water partition coefficient (Wildman–Crippen LogP) is 3.56. The second kappa shape index (κ2) is 7.94. The van der Waals surface area contributed by atoms with Gasteiger partial charge in [-0.1, -0.05) is 11.6 Å². The minimum atomic E-state index is 0.153. The van der Waals surface area contributed by atoms with E-state index in [0.29, 0.717) is 43.7 Å². The molecule has 1 saturated carbocycles. The molecule has 1 aliphatic carbocycles. The summed E-state index contributed by atoms with van der Waals surface area (Å²) >= 11 is 7.39. The lowest BCUT2D eigenvalue weighted by Crippen LogP contribution is -2.50. The van der Waals surface area contributed by atoms with Gasteiger partial charge in [0.25, 0.3) is 0 Å². The highest BCUT2D eigenvalue weighted by Crippen LogP contribution is 2.36. The van der Waals surface area contributed by atoms with Crippen LogP contribution in [0.15, 0.2) is 29.6 Å². The largest absolute Gasteiger partial charge is 0.486 e. The van der Waals surface area contributed by atoms with Gasteiger partial charge < -0.3 is 14.4 Å². The zero-order valence-electron chi connectivity index (χ0n) is 14.4. The molecule has 0 unspecified atom stereocenters. The van der Waals surface area contributed by atoms with E-state index < -0.39 is 0 Å². The molecule has 1 aromatic heterocycles. The second-order valence-electron chi connectivity index (χ2n) is 6.72. The van der Waals surface area contributed by atoms with E-state index in [0.717, 1.165) is 16.5 Å². The number of halogens is 1. The molecule has 0 N–H and O–H groups in total. The van der Waals surface area contributed by atoms with E-state index in [1.54, 1.807) is 12.1 Å². The molecule has 0 radical (unpaired) electrons. The molecule has 0 spiro atoms. The smallest absolute Gasteiger partial charge is 0.229 e. The van der Waals surface area contributed by atoms with Gasteiger partial charge in [-0.05, 0) is 43.0 Å². The van der Waals surface area contributed by atoms with Crippen molar-refractivity contribution in [1.29, 1.82) is 0 Å². The molecule has 2 heterocycles. The number of thiazole rings is 1. The van der Waals surface area contributed by atoms with Crippen molar-refractivity contribution in [3.05, 3.63) is 45.4 Å². The molecule has 4 rings (SSSR count). The maximum absolute atomic E-state index is 12.7. The topological polar surface area (TPSA) is 51.7 Å². The lowest BCUT2D eigenvalue weighted by atomic mass is 10.1. The van der Waals surface area contributed by atoms with Crippen LogP contribution in [-0.4, -0.2) is 41.6 Å². The van der Waals surface area contributed by atoms with Gasteiger partial charge in [-0.25, -0.2) is 4.98 Å². The zero-order valence-corrected chi connectivity index (χ0v) is 16.0. The maximum atomic E-state index is 12.7. The molecule has 2 aliphatic rings. The van der Waals surface area contributed by atoms with Crippen LogP contribution >= 0.6 is 22.9 Å². The van der Waals surface area contributed by atoms with E-state index >= 15 is 0 Å². The van der Waals surface area contributed by atoms with Crippen LogP contribution in [-0.2, 0) is 22.6 Å². The Balaban J connectivity index is 1.32. The molecule has 1 saturated heterocycles. The Morgan fingerprint density at radius 1 is 1.35 bits per heavy atom. The van der Waals surface area contributed by atoms with Crippen LogP contribution in [0.1, 0.15) is 23.5 Å². The standard InChI is InChI=1S/C19H21ClN2O3S/c20-14-3-5-16(6-4-14)25-11-18-21-15(12-26-18)9-19(23)22-7-8-24-10-17(22)13-1-2-13/h3-6,12-13,17H,1-2,7-11H2/t17-/m1/s1. The van der Waals surface area contributed by atoms with Crippen molar-refractivity contribution in [2.75, 3.05) is 19.8 Å². The summed E-state index contributed by atoms with van der Waals surface area (Å²) in [7, 11) is 0. The number of ether oxygens (including phenoxy) is 2. The average molecular weight is 393 g/mol. The molecule has 1 amide bonds. The van der Waals surface area contributed by atoms with Crippen molar-refractivity contribution >= 4 is 28.8 Å². The first kappa shape index (κ1) is 17.8. The summed E-state index contributed by atoms with van der Waals surface area (Å²) in [5.74, 6) is 1.53. The first-order valence-electron chi connectivity index (χ1n) is 8.88. The van der Waals surface area contributed by atoms with Crippen LogP contribution in [0.2, 0.25) is 5.02 Å². The monoisotopic (exact) mass is 392 g/mol. The third kappa shape index (κ3) is 4.37. The van der Waals surface area contributed by atoms with E-state index in [-0.39, 0.29) is 11.9 Å². The van der Waals surface area contributed by atoms with Crippen molar-refractivity contribution in [2.45, 2.75) is 31.9 Å². The lowest BCUT2D eigenvalue weighted by Gasteiger charge is -2.35. The Bertz CT molecular complexity index is 760. The van der Waals surface area contributed by atoms with Gasteiger partial charge in [0.15, 0.2) is 0 Å². The van der Waals surface area contributed by atoms with Gasteiger partial charge in [-0.2, -0.15) is 0 Å². The van der Waals surface area contributed by atoms with Gasteiger partial charge in [0.05, 0.1) is 31.4 Å². The second-order valence-corrected chi connectivity index (χ2v) is 8.10. The van der Waals surface area contributed by atoms with Gasteiger partial charge >= 0.3 is 0 Å². The normalized spacial score (nSPS) is 20.2. The Hall–Kier alpha value is -1.63. The highest BCUT2D eigenvalue weighted by Gasteiger charge is 2.39. The molecule has 26 heavy (non-hydrogen) atoms. The van der Waals surface area contributed by atoms with Crippen molar-refractivity contribution in [2.24, 2.45) is 5.92 Å². The number of hydrogen-bond acceptors (Lipinski definition) is 5. The molecule has 0 bridgehead atoms. The summed E-state index contributed by atoms with van der Waals surface area (Å²) in [6.45, 7) is 2.39. The Morgan fingerprint density at radius 3 is 2.92 bits per heavy atom. The van der Waals surface area contributed by atoms with Gasteiger partial charge in [-0.3, -0.25) is 4.79 Å². The zero-order chi connectivity index (χ0) is 17.9. The fraction of sp³-hybridized carbons (Fsp3) is 0.474. The third-order valence-electron chi connectivity index (χ3n) is 4.76. The number of carbonyl (C=O) groups excluding carboxylic acids is 1. The quantitative estimate of drug-likeness (QED) is 0.754. The van der Waals surface area contributed by atoms with Crippen LogP contribution in [0.25, 0.3) is 0 Å². The first-order chi connectivity index (χ1) is 12.7. The molecular weight excluding hydrogens is 372 g/mol. The molecular formula is C19H21ClN2O3S. The molecule has 7 heteroatoms. The van der Waals surface area contributed by atoms with Gasteiger partial charge in [0, 0.05) is 16.9 Å². The SMILES string of the molecule is O=C(Cc1csc(COc2ccc(Cl)cc2)n1)N1CCOC[C@@H]1C1CC1. The number of carbonyl (C=O) groups is 1. The first-order valence-corrected chi connectivity index (χ1v) is 10.1. The predicted molar refractivity (Wildman–Crippen MR) is 101 cm³/mol. The molecule has 1 atom stereocenters. The van der Waals surface area contributed by atoms with Gasteiger partial charge in [-0.15, -0.1) is 11.3 Å². The van der Waals surface area contributed by atoms with Crippen molar-refractivity contribution in [3.63, 3.8) is 0 Å². The van der Waals surface area contributed by atoms with Crippen molar-refractivity contribution < 1.29 is 14.3 Å². The van der Waals surface area contributed by atoms with E-state index in [4.69, 9.17) is 21.1 Å².